The maximum absolute atomic E-state index is 13.0. The molecule has 6 heteroatoms. The zero-order valence-corrected chi connectivity index (χ0v) is 15.5. The van der Waals surface area contributed by atoms with Crippen LogP contribution in [0.25, 0.3) is 0 Å². The Bertz CT molecular complexity index is 661. The molecule has 2 amide bonds. The Labute approximate surface area is 150 Å². The fourth-order valence-electron chi connectivity index (χ4n) is 3.40. The van der Waals surface area contributed by atoms with Gasteiger partial charge in [-0.2, -0.15) is 0 Å². The summed E-state index contributed by atoms with van der Waals surface area (Å²) in [4.78, 5) is 27.1. The number of carbonyl (C=O) groups is 2. The molecule has 2 heterocycles. The van der Waals surface area contributed by atoms with Gasteiger partial charge in [-0.05, 0) is 63.5 Å². The van der Waals surface area contributed by atoms with Crippen molar-refractivity contribution in [1.82, 2.24) is 10.3 Å². The summed E-state index contributed by atoms with van der Waals surface area (Å²) in [6.45, 7) is 4.18. The van der Waals surface area contributed by atoms with E-state index in [1.165, 1.54) is 5.01 Å². The van der Waals surface area contributed by atoms with Crippen LogP contribution in [0.2, 0.25) is 0 Å². The predicted molar refractivity (Wildman–Crippen MR) is 97.1 cm³/mol. The molecule has 1 aromatic carbocycles. The van der Waals surface area contributed by atoms with Crippen LogP contribution >= 0.6 is 15.9 Å². The first-order valence-electron chi connectivity index (χ1n) is 8.35. The number of hydrogen-bond donors (Lipinski definition) is 1. The third kappa shape index (κ3) is 3.34. The fraction of sp³-hybridized carbons (Fsp3) is 0.444. The van der Waals surface area contributed by atoms with Crippen molar-refractivity contribution in [3.05, 3.63) is 40.5 Å². The highest BCUT2D eigenvalue weighted by Crippen LogP contribution is 2.26. The third-order valence-corrected chi connectivity index (χ3v) is 5.23. The molecule has 5 nitrogen and oxygen atoms in total. The van der Waals surface area contributed by atoms with Crippen molar-refractivity contribution >= 4 is 33.4 Å². The third-order valence-electron chi connectivity index (χ3n) is 4.71. The van der Waals surface area contributed by atoms with Crippen LogP contribution in [0.1, 0.15) is 39.5 Å². The number of benzene rings is 1. The van der Waals surface area contributed by atoms with Crippen molar-refractivity contribution in [3.63, 3.8) is 0 Å². The molecule has 0 unspecified atom stereocenters. The van der Waals surface area contributed by atoms with Crippen LogP contribution in [-0.4, -0.2) is 28.8 Å². The number of piperidine rings is 1. The van der Waals surface area contributed by atoms with Crippen LogP contribution in [0.3, 0.4) is 0 Å². The van der Waals surface area contributed by atoms with E-state index < -0.39 is 0 Å². The molecule has 0 aliphatic carbocycles. The van der Waals surface area contributed by atoms with E-state index in [9.17, 15) is 9.59 Å². The van der Waals surface area contributed by atoms with Crippen LogP contribution < -0.4 is 10.4 Å². The minimum Gasteiger partial charge on any atom is -0.332 e. The second-order valence-corrected chi connectivity index (χ2v) is 7.40. The highest BCUT2D eigenvalue weighted by atomic mass is 79.9. The number of nitrogens with one attached hydrogen (secondary N) is 1. The minimum atomic E-state index is -0.0754. The average molecular weight is 392 g/mol. The second kappa shape index (κ2) is 6.97. The number of amides is 2. The van der Waals surface area contributed by atoms with Crippen molar-refractivity contribution in [1.29, 1.82) is 0 Å². The molecule has 0 aromatic heterocycles. The molecular weight excluding hydrogens is 370 g/mol. The van der Waals surface area contributed by atoms with Gasteiger partial charge >= 0.3 is 0 Å². The van der Waals surface area contributed by atoms with E-state index in [0.29, 0.717) is 5.70 Å². The zero-order chi connectivity index (χ0) is 17.3. The number of hydrogen-bond acceptors (Lipinski definition) is 3. The lowest BCUT2D eigenvalue weighted by atomic mass is 9.97. The minimum absolute atomic E-state index is 0.0238. The molecule has 128 valence electrons. The summed E-state index contributed by atoms with van der Waals surface area (Å²) in [5.74, 6) is -0.0991. The molecule has 1 fully saturated rings. The van der Waals surface area contributed by atoms with E-state index in [1.807, 2.05) is 29.2 Å². The number of hydrazine groups is 1. The van der Waals surface area contributed by atoms with Gasteiger partial charge in [0.25, 0.3) is 5.91 Å². The topological polar surface area (TPSA) is 52.7 Å². The number of likely N-dealkylation sites (tertiary alicyclic amines) is 1. The Kier molecular flexibility index (Phi) is 4.94. The molecule has 1 aromatic rings. The van der Waals surface area contributed by atoms with E-state index >= 15 is 0 Å². The number of carbonyl (C=O) groups excluding carboxylic acids is 2. The largest absolute Gasteiger partial charge is 0.332 e. The normalized spacial score (nSPS) is 24.5. The fourth-order valence-corrected chi connectivity index (χ4v) is 3.67. The van der Waals surface area contributed by atoms with Gasteiger partial charge in [0.2, 0.25) is 5.91 Å². The van der Waals surface area contributed by atoms with E-state index in [4.69, 9.17) is 0 Å². The molecule has 2 atom stereocenters. The molecule has 3 rings (SSSR count). The Morgan fingerprint density at radius 3 is 2.42 bits per heavy atom. The van der Waals surface area contributed by atoms with Crippen molar-refractivity contribution in [2.24, 2.45) is 0 Å². The Balaban J connectivity index is 1.80. The van der Waals surface area contributed by atoms with Gasteiger partial charge in [-0.25, -0.2) is 5.01 Å². The molecule has 2 aliphatic rings. The summed E-state index contributed by atoms with van der Waals surface area (Å²) in [5.41, 5.74) is 4.22. The van der Waals surface area contributed by atoms with Crippen molar-refractivity contribution in [2.75, 3.05) is 5.01 Å². The monoisotopic (exact) mass is 391 g/mol. The summed E-state index contributed by atoms with van der Waals surface area (Å²) in [5, 5.41) is 1.46. The van der Waals surface area contributed by atoms with E-state index in [1.54, 1.807) is 6.08 Å². The number of halogens is 1. The number of anilines is 1. The highest BCUT2D eigenvalue weighted by Gasteiger charge is 2.33. The molecule has 1 saturated heterocycles. The molecule has 0 saturated carbocycles. The average Bonchev–Trinajstić information content (AvgIpc) is 2.56. The van der Waals surface area contributed by atoms with Crippen LogP contribution in [-0.2, 0) is 9.59 Å². The number of rotatable bonds is 2. The first kappa shape index (κ1) is 17.0. The van der Waals surface area contributed by atoms with Gasteiger partial charge < -0.3 is 4.90 Å². The smallest absolute Gasteiger partial charge is 0.271 e. The van der Waals surface area contributed by atoms with Crippen LogP contribution in [0.5, 0.6) is 0 Å². The lowest BCUT2D eigenvalue weighted by molar-refractivity contribution is -0.133. The lowest BCUT2D eigenvalue weighted by Gasteiger charge is -2.40. The molecule has 0 radical (unpaired) electrons. The summed E-state index contributed by atoms with van der Waals surface area (Å²) >= 11 is 3.39. The summed E-state index contributed by atoms with van der Waals surface area (Å²) in [6, 6.07) is 7.88. The quantitative estimate of drug-likeness (QED) is 0.840. The van der Waals surface area contributed by atoms with Gasteiger partial charge in [-0.1, -0.05) is 15.9 Å². The molecule has 0 spiro atoms. The Morgan fingerprint density at radius 1 is 1.17 bits per heavy atom. The standard InChI is InChI=1S/C18H22BrN3O2/c1-12-4-3-5-13(2)21(12)18(24)16-10-11-17(23)22(20-16)15-8-6-14(19)7-9-15/h6-10,12-13,20H,3-5,11H2,1-2H3/t12-,13-/m0/s1. The summed E-state index contributed by atoms with van der Waals surface area (Å²) in [7, 11) is 0. The maximum Gasteiger partial charge on any atom is 0.271 e. The van der Waals surface area contributed by atoms with Crippen molar-refractivity contribution in [3.8, 4) is 0 Å². The van der Waals surface area contributed by atoms with Crippen molar-refractivity contribution < 1.29 is 9.59 Å². The first-order valence-corrected chi connectivity index (χ1v) is 9.14. The summed E-state index contributed by atoms with van der Waals surface area (Å²) in [6.07, 6.45) is 5.13. The Hall–Kier alpha value is -1.82. The van der Waals surface area contributed by atoms with Crippen molar-refractivity contribution in [2.45, 2.75) is 51.6 Å². The number of nitrogens with zero attached hydrogens (tertiary/aromatic N) is 2. The van der Waals surface area contributed by atoms with Crippen LogP contribution in [0.4, 0.5) is 5.69 Å². The molecule has 0 bridgehead atoms. The first-order chi connectivity index (χ1) is 11.5. The Morgan fingerprint density at radius 2 is 1.79 bits per heavy atom. The zero-order valence-electron chi connectivity index (χ0n) is 14.0. The van der Waals surface area contributed by atoms with E-state index in [0.717, 1.165) is 29.4 Å². The highest BCUT2D eigenvalue weighted by molar-refractivity contribution is 9.10. The van der Waals surface area contributed by atoms with Gasteiger partial charge in [0.1, 0.15) is 5.70 Å². The second-order valence-electron chi connectivity index (χ2n) is 6.48. The SMILES string of the molecule is C[C@H]1CCC[C@H](C)N1C(=O)C1=CCC(=O)N(c2ccc(Br)cc2)N1. The van der Waals surface area contributed by atoms with E-state index in [2.05, 4.69) is 35.2 Å². The maximum atomic E-state index is 13.0. The van der Waals surface area contributed by atoms with Crippen LogP contribution in [0.15, 0.2) is 40.5 Å². The summed E-state index contributed by atoms with van der Waals surface area (Å²) < 4.78 is 0.943. The molecular formula is C18H22BrN3O2. The molecule has 24 heavy (non-hydrogen) atoms. The lowest BCUT2D eigenvalue weighted by Crippen LogP contribution is -2.54. The van der Waals surface area contributed by atoms with E-state index in [-0.39, 0.29) is 30.3 Å². The van der Waals surface area contributed by atoms with Gasteiger partial charge in [-0.15, -0.1) is 0 Å². The van der Waals surface area contributed by atoms with Crippen LogP contribution in [0, 0.1) is 0 Å². The van der Waals surface area contributed by atoms with Gasteiger partial charge in [0.15, 0.2) is 0 Å². The molecule has 2 aliphatic heterocycles. The predicted octanol–water partition coefficient (Wildman–Crippen LogP) is 3.36. The van der Waals surface area contributed by atoms with Gasteiger partial charge in [0.05, 0.1) is 5.69 Å². The van der Waals surface area contributed by atoms with Gasteiger partial charge in [-0.3, -0.25) is 15.0 Å². The molecule has 1 N–H and O–H groups in total. The van der Waals surface area contributed by atoms with Gasteiger partial charge in [0, 0.05) is 23.0 Å².